The van der Waals surface area contributed by atoms with Crippen LogP contribution >= 0.6 is 0 Å². The fourth-order valence-electron chi connectivity index (χ4n) is 2.55. The molecule has 100 valence electrons. The Balaban J connectivity index is 1.81. The molecule has 1 aromatic carbocycles. The van der Waals surface area contributed by atoms with Crippen LogP contribution in [0.3, 0.4) is 0 Å². The summed E-state index contributed by atoms with van der Waals surface area (Å²) in [5.41, 5.74) is 2.40. The van der Waals surface area contributed by atoms with E-state index in [2.05, 4.69) is 17.1 Å². The third-order valence-corrected chi connectivity index (χ3v) is 3.85. The Kier molecular flexibility index (Phi) is 4.59. The summed E-state index contributed by atoms with van der Waals surface area (Å²) < 4.78 is 13.2. The van der Waals surface area contributed by atoms with Gasteiger partial charge in [0.25, 0.3) is 0 Å². The second kappa shape index (κ2) is 6.19. The highest BCUT2D eigenvalue weighted by Gasteiger charge is 2.18. The molecular formula is C15H23FN2. The van der Waals surface area contributed by atoms with Crippen LogP contribution in [0.5, 0.6) is 0 Å². The van der Waals surface area contributed by atoms with Crippen LogP contribution < -0.4 is 10.2 Å². The van der Waals surface area contributed by atoms with E-state index in [0.717, 1.165) is 25.2 Å². The molecule has 3 heteroatoms. The summed E-state index contributed by atoms with van der Waals surface area (Å²) >= 11 is 0. The van der Waals surface area contributed by atoms with E-state index in [0.29, 0.717) is 6.04 Å². The highest BCUT2D eigenvalue weighted by molar-refractivity contribution is 5.57. The van der Waals surface area contributed by atoms with Crippen LogP contribution in [0, 0.1) is 5.82 Å². The van der Waals surface area contributed by atoms with Crippen molar-refractivity contribution in [1.29, 1.82) is 0 Å². The van der Waals surface area contributed by atoms with E-state index < -0.39 is 0 Å². The summed E-state index contributed by atoms with van der Waals surface area (Å²) in [6.07, 6.45) is 4.67. The summed E-state index contributed by atoms with van der Waals surface area (Å²) in [7, 11) is 2.00. The Morgan fingerprint density at radius 1 is 1.39 bits per heavy atom. The largest absolute Gasteiger partial charge is 0.371 e. The molecule has 0 aliphatic carbocycles. The SMILES string of the molecule is CNC(C)CCCCN1CCc2ccc(F)cc21. The number of benzene rings is 1. The monoisotopic (exact) mass is 250 g/mol. The average molecular weight is 250 g/mol. The summed E-state index contributed by atoms with van der Waals surface area (Å²) in [4.78, 5) is 2.32. The third kappa shape index (κ3) is 3.22. The van der Waals surface area contributed by atoms with Gasteiger partial charge in [0.15, 0.2) is 0 Å². The molecule has 18 heavy (non-hydrogen) atoms. The first-order chi connectivity index (χ1) is 8.70. The molecular weight excluding hydrogens is 227 g/mol. The first-order valence-corrected chi connectivity index (χ1v) is 6.91. The molecule has 0 bridgehead atoms. The van der Waals surface area contributed by atoms with E-state index in [-0.39, 0.29) is 5.82 Å². The minimum atomic E-state index is -0.121. The number of nitrogens with zero attached hydrogens (tertiary/aromatic N) is 1. The van der Waals surface area contributed by atoms with Gasteiger partial charge in [0, 0.05) is 24.8 Å². The van der Waals surface area contributed by atoms with Gasteiger partial charge >= 0.3 is 0 Å². The Bertz CT molecular complexity index is 392. The highest BCUT2D eigenvalue weighted by Crippen LogP contribution is 2.28. The lowest BCUT2D eigenvalue weighted by molar-refractivity contribution is 0.527. The van der Waals surface area contributed by atoms with E-state index in [4.69, 9.17) is 0 Å². The van der Waals surface area contributed by atoms with Crippen molar-refractivity contribution in [2.24, 2.45) is 0 Å². The number of rotatable bonds is 6. The average Bonchev–Trinajstić information content (AvgIpc) is 2.77. The van der Waals surface area contributed by atoms with Gasteiger partial charge in [-0.3, -0.25) is 0 Å². The Labute approximate surface area is 109 Å². The molecule has 1 N–H and O–H groups in total. The molecule has 1 unspecified atom stereocenters. The first-order valence-electron chi connectivity index (χ1n) is 6.91. The molecule has 0 saturated carbocycles. The fraction of sp³-hybridized carbons (Fsp3) is 0.600. The van der Waals surface area contributed by atoms with Gasteiger partial charge in [-0.1, -0.05) is 12.5 Å². The van der Waals surface area contributed by atoms with Crippen molar-refractivity contribution in [1.82, 2.24) is 5.32 Å². The van der Waals surface area contributed by atoms with Crippen LogP contribution in [0.1, 0.15) is 31.7 Å². The standard InChI is InChI=1S/C15H23FN2/c1-12(17-2)5-3-4-9-18-10-8-13-6-7-14(16)11-15(13)18/h6-7,11-12,17H,3-5,8-10H2,1-2H3. The van der Waals surface area contributed by atoms with Crippen LogP contribution in [-0.2, 0) is 6.42 Å². The zero-order chi connectivity index (χ0) is 13.0. The summed E-state index contributed by atoms with van der Waals surface area (Å²) in [6.45, 7) is 4.30. The summed E-state index contributed by atoms with van der Waals surface area (Å²) in [6, 6.07) is 5.76. The van der Waals surface area contributed by atoms with E-state index in [1.165, 1.54) is 24.8 Å². The van der Waals surface area contributed by atoms with Crippen molar-refractivity contribution in [3.63, 3.8) is 0 Å². The van der Waals surface area contributed by atoms with Crippen molar-refractivity contribution in [3.05, 3.63) is 29.6 Å². The molecule has 0 saturated heterocycles. The van der Waals surface area contributed by atoms with Crippen LogP contribution in [0.2, 0.25) is 0 Å². The highest BCUT2D eigenvalue weighted by atomic mass is 19.1. The quantitative estimate of drug-likeness (QED) is 0.781. The molecule has 0 amide bonds. The second-order valence-corrected chi connectivity index (χ2v) is 5.20. The minimum absolute atomic E-state index is 0.121. The number of hydrogen-bond acceptors (Lipinski definition) is 2. The Morgan fingerprint density at radius 3 is 3.00 bits per heavy atom. The Hall–Kier alpha value is -1.09. The molecule has 1 aliphatic rings. The van der Waals surface area contributed by atoms with Crippen LogP contribution in [0.25, 0.3) is 0 Å². The molecule has 1 heterocycles. The summed E-state index contributed by atoms with van der Waals surface area (Å²) in [5.74, 6) is -0.121. The molecule has 2 rings (SSSR count). The lowest BCUT2D eigenvalue weighted by Crippen LogP contribution is -2.23. The van der Waals surface area contributed by atoms with E-state index in [9.17, 15) is 4.39 Å². The number of anilines is 1. The van der Waals surface area contributed by atoms with Crippen molar-refractivity contribution in [2.75, 3.05) is 25.0 Å². The minimum Gasteiger partial charge on any atom is -0.371 e. The molecule has 1 aromatic rings. The van der Waals surface area contributed by atoms with Gasteiger partial charge in [-0.15, -0.1) is 0 Å². The molecule has 1 aliphatic heterocycles. The maximum absolute atomic E-state index is 13.2. The lowest BCUT2D eigenvalue weighted by atomic mass is 10.1. The number of fused-ring (bicyclic) bond motifs is 1. The lowest BCUT2D eigenvalue weighted by Gasteiger charge is -2.19. The van der Waals surface area contributed by atoms with Gasteiger partial charge in [0.2, 0.25) is 0 Å². The molecule has 2 nitrogen and oxygen atoms in total. The van der Waals surface area contributed by atoms with Gasteiger partial charge in [-0.05, 0) is 50.9 Å². The third-order valence-electron chi connectivity index (χ3n) is 3.85. The predicted molar refractivity (Wildman–Crippen MR) is 74.7 cm³/mol. The zero-order valence-electron chi connectivity index (χ0n) is 11.4. The van der Waals surface area contributed by atoms with Crippen LogP contribution in [-0.4, -0.2) is 26.2 Å². The normalized spacial score (nSPS) is 15.8. The Morgan fingerprint density at radius 2 is 2.22 bits per heavy atom. The topological polar surface area (TPSA) is 15.3 Å². The molecule has 0 radical (unpaired) electrons. The van der Waals surface area contributed by atoms with Crippen molar-refractivity contribution in [2.45, 2.75) is 38.6 Å². The van der Waals surface area contributed by atoms with Crippen molar-refractivity contribution >= 4 is 5.69 Å². The molecule has 0 fully saturated rings. The smallest absolute Gasteiger partial charge is 0.125 e. The number of unbranched alkanes of at least 4 members (excludes halogenated alkanes) is 1. The van der Waals surface area contributed by atoms with Gasteiger partial charge in [0.05, 0.1) is 0 Å². The van der Waals surface area contributed by atoms with E-state index in [1.54, 1.807) is 12.1 Å². The van der Waals surface area contributed by atoms with Gasteiger partial charge < -0.3 is 10.2 Å². The fourth-order valence-corrected chi connectivity index (χ4v) is 2.55. The van der Waals surface area contributed by atoms with Crippen molar-refractivity contribution in [3.8, 4) is 0 Å². The number of halogens is 1. The maximum atomic E-state index is 13.2. The van der Waals surface area contributed by atoms with Gasteiger partial charge in [0.1, 0.15) is 5.82 Å². The van der Waals surface area contributed by atoms with Gasteiger partial charge in [-0.2, -0.15) is 0 Å². The summed E-state index contributed by atoms with van der Waals surface area (Å²) in [5, 5.41) is 3.25. The van der Waals surface area contributed by atoms with Crippen LogP contribution in [0.15, 0.2) is 18.2 Å². The van der Waals surface area contributed by atoms with E-state index >= 15 is 0 Å². The van der Waals surface area contributed by atoms with Crippen LogP contribution in [0.4, 0.5) is 10.1 Å². The number of nitrogens with one attached hydrogen (secondary N) is 1. The van der Waals surface area contributed by atoms with E-state index in [1.807, 2.05) is 13.1 Å². The van der Waals surface area contributed by atoms with Gasteiger partial charge in [-0.25, -0.2) is 4.39 Å². The molecule has 0 aromatic heterocycles. The second-order valence-electron chi connectivity index (χ2n) is 5.20. The molecule has 1 atom stereocenters. The number of hydrogen-bond donors (Lipinski definition) is 1. The predicted octanol–water partition coefficient (Wildman–Crippen LogP) is 2.97. The zero-order valence-corrected chi connectivity index (χ0v) is 11.4. The maximum Gasteiger partial charge on any atom is 0.125 e. The molecule has 0 spiro atoms. The first kappa shape index (κ1) is 13.3. The van der Waals surface area contributed by atoms with Crippen molar-refractivity contribution < 1.29 is 4.39 Å².